The number of nitrogens with one attached hydrogen (secondary N) is 2. The number of thiazole rings is 1. The zero-order chi connectivity index (χ0) is 27.7. The van der Waals surface area contributed by atoms with Crippen molar-refractivity contribution in [2.24, 2.45) is 12.2 Å². The lowest BCUT2D eigenvalue weighted by Crippen LogP contribution is -2.71. The number of nitrogen functional groups attached to an aromatic ring is 1. The summed E-state index contributed by atoms with van der Waals surface area (Å²) in [6, 6.07) is -1.19. The van der Waals surface area contributed by atoms with Crippen LogP contribution in [-0.4, -0.2) is 82.8 Å². The van der Waals surface area contributed by atoms with Crippen LogP contribution in [-0.2, 0) is 26.3 Å². The average molecular weight is 591 g/mol. The molecule has 4 heterocycles. The zero-order valence-electron chi connectivity index (χ0n) is 18.9. The quantitative estimate of drug-likeness (QED) is 0.0908. The molecule has 1 unspecified atom stereocenters. The molecule has 2 amide bonds. The van der Waals surface area contributed by atoms with Gasteiger partial charge < -0.3 is 21.0 Å². The number of nitrogens with two attached hydrogens (primary N) is 1. The first-order valence-electron chi connectivity index (χ1n) is 10.2. The van der Waals surface area contributed by atoms with Crippen LogP contribution in [0.4, 0.5) is 13.9 Å². The number of alkyl halides is 2. The van der Waals surface area contributed by atoms with E-state index in [4.69, 9.17) is 5.73 Å². The SMILES string of the molecule is Cn1c(SCC2=C(C(=O)O)N3C(=O)C(NC(=O)/C(=N/OC(F)F)c4csc(N)n4)[C@H]3SC2)n[nH]c(=O)c1=O. The van der Waals surface area contributed by atoms with Crippen LogP contribution in [0.25, 0.3) is 0 Å². The van der Waals surface area contributed by atoms with E-state index in [-0.39, 0.29) is 33.2 Å². The number of carboxylic acid groups (broad SMARTS) is 1. The Labute approximate surface area is 222 Å². The average Bonchev–Trinajstić information content (AvgIpc) is 3.30. The molecule has 0 spiro atoms. The van der Waals surface area contributed by atoms with Gasteiger partial charge in [-0.15, -0.1) is 28.2 Å². The fraction of sp³-hybridized carbons (Fsp3) is 0.333. The lowest BCUT2D eigenvalue weighted by atomic mass is 10.0. The third-order valence-corrected chi connectivity index (χ3v) is 8.28. The Morgan fingerprint density at radius 3 is 2.79 bits per heavy atom. The van der Waals surface area contributed by atoms with E-state index in [1.165, 1.54) is 12.4 Å². The maximum Gasteiger partial charge on any atom is 0.407 e. The molecule has 2 aliphatic heterocycles. The van der Waals surface area contributed by atoms with Crippen LogP contribution < -0.4 is 22.2 Å². The summed E-state index contributed by atoms with van der Waals surface area (Å²) in [5, 5.41) is 21.8. The molecule has 0 aliphatic carbocycles. The second kappa shape index (κ2) is 10.9. The Morgan fingerprint density at radius 1 is 1.42 bits per heavy atom. The number of oxime groups is 1. The number of thioether (sulfide) groups is 2. The van der Waals surface area contributed by atoms with Gasteiger partial charge in [-0.3, -0.25) is 28.6 Å². The van der Waals surface area contributed by atoms with E-state index in [1.807, 2.05) is 0 Å². The van der Waals surface area contributed by atoms with Gasteiger partial charge in [0.25, 0.3) is 11.8 Å². The van der Waals surface area contributed by atoms with Crippen LogP contribution in [0.3, 0.4) is 0 Å². The van der Waals surface area contributed by atoms with Gasteiger partial charge in [-0.1, -0.05) is 16.9 Å². The molecule has 5 N–H and O–H groups in total. The monoisotopic (exact) mass is 590 g/mol. The molecule has 15 nitrogen and oxygen atoms in total. The van der Waals surface area contributed by atoms with Gasteiger partial charge in [0.2, 0.25) is 0 Å². The number of β-lactam (4-membered cyclic amide) rings is 1. The molecule has 2 aromatic heterocycles. The summed E-state index contributed by atoms with van der Waals surface area (Å²) in [6.45, 7) is -3.32. The van der Waals surface area contributed by atoms with Crippen molar-refractivity contribution < 1.29 is 33.1 Å². The lowest BCUT2D eigenvalue weighted by Gasteiger charge is -2.49. The van der Waals surface area contributed by atoms with Crippen LogP contribution in [0.2, 0.25) is 0 Å². The molecular formula is C18H16F2N8O7S3. The largest absolute Gasteiger partial charge is 0.477 e. The predicted octanol–water partition coefficient (Wildman–Crippen LogP) is -1.02. The van der Waals surface area contributed by atoms with E-state index in [9.17, 15) is 37.9 Å². The number of hydrogen-bond acceptors (Lipinski definition) is 13. The number of carbonyl (C=O) groups excluding carboxylic acids is 2. The second-order valence-corrected chi connectivity index (χ2v) is 10.4. The maximum absolute atomic E-state index is 12.9. The van der Waals surface area contributed by atoms with Crippen molar-refractivity contribution in [2.75, 3.05) is 17.2 Å². The van der Waals surface area contributed by atoms with Crippen LogP contribution in [0.15, 0.2) is 36.6 Å². The van der Waals surface area contributed by atoms with Crippen LogP contribution >= 0.6 is 34.9 Å². The summed E-state index contributed by atoms with van der Waals surface area (Å²) < 4.78 is 26.1. The number of hydrogen-bond donors (Lipinski definition) is 4. The van der Waals surface area contributed by atoms with Gasteiger partial charge in [0.05, 0.1) is 0 Å². The number of carbonyl (C=O) groups is 3. The Bertz CT molecular complexity index is 1490. The second-order valence-electron chi connectivity index (χ2n) is 7.48. The number of amides is 2. The molecule has 0 bridgehead atoms. The lowest BCUT2D eigenvalue weighted by molar-refractivity contribution is -0.150. The number of aromatic nitrogens is 4. The van der Waals surface area contributed by atoms with Crippen molar-refractivity contribution in [3.63, 3.8) is 0 Å². The highest BCUT2D eigenvalue weighted by molar-refractivity contribution is 8.01. The number of fused-ring (bicyclic) bond motifs is 1. The van der Waals surface area contributed by atoms with Crippen molar-refractivity contribution >= 4 is 63.5 Å². The number of anilines is 1. The molecule has 0 radical (unpaired) electrons. The Kier molecular flexibility index (Phi) is 7.83. The molecular weight excluding hydrogens is 574 g/mol. The summed E-state index contributed by atoms with van der Waals surface area (Å²) in [6.07, 6.45) is 0. The van der Waals surface area contributed by atoms with Crippen molar-refractivity contribution in [3.05, 3.63) is 43.1 Å². The highest BCUT2D eigenvalue weighted by Crippen LogP contribution is 2.41. The van der Waals surface area contributed by atoms with E-state index in [0.29, 0.717) is 5.57 Å². The standard InChI is InChI=1S/C18H16F2N8O7S3/c1-27-13(32)11(30)24-25-18(27)38-3-5-2-36-14-8(12(31)28(14)9(5)15(33)34)23-10(29)7(26-35-16(19)20)6-4-37-17(21)22-6/h4,8,14,16H,2-3H2,1H3,(H2,21,22)(H,23,29)(H,24,30)(H,33,34)/b26-7+/t8?,14-/m1/s1. The minimum absolute atomic E-state index is 0.0293. The topological polar surface area (TPSA) is 215 Å². The molecule has 4 rings (SSSR count). The minimum atomic E-state index is -3.32. The normalized spacial score (nSPS) is 19.3. The molecule has 2 aromatic rings. The van der Waals surface area contributed by atoms with Crippen molar-refractivity contribution in [2.45, 2.75) is 23.2 Å². The minimum Gasteiger partial charge on any atom is -0.477 e. The summed E-state index contributed by atoms with van der Waals surface area (Å²) in [4.78, 5) is 69.6. The number of aromatic amines is 1. The number of H-pyrrole nitrogens is 1. The Balaban J connectivity index is 1.52. The molecule has 20 heteroatoms. The molecule has 2 atom stereocenters. The van der Waals surface area contributed by atoms with Crippen molar-refractivity contribution in [3.8, 4) is 0 Å². The zero-order valence-corrected chi connectivity index (χ0v) is 21.4. The van der Waals surface area contributed by atoms with Crippen LogP contribution in [0, 0.1) is 0 Å². The number of nitrogens with zero attached hydrogens (tertiary/aromatic N) is 5. The van der Waals surface area contributed by atoms with Gasteiger partial charge in [0.15, 0.2) is 16.0 Å². The van der Waals surface area contributed by atoms with Gasteiger partial charge >= 0.3 is 23.7 Å². The highest BCUT2D eigenvalue weighted by Gasteiger charge is 2.54. The summed E-state index contributed by atoms with van der Waals surface area (Å²) in [5.41, 5.74) is 3.02. The van der Waals surface area contributed by atoms with E-state index >= 15 is 0 Å². The van der Waals surface area contributed by atoms with Gasteiger partial charge in [-0.05, 0) is 5.57 Å². The molecule has 1 fully saturated rings. The van der Waals surface area contributed by atoms with Crippen molar-refractivity contribution in [1.82, 2.24) is 30.0 Å². The number of aliphatic carboxylic acids is 1. The summed E-state index contributed by atoms with van der Waals surface area (Å²) >= 11 is 3.06. The van der Waals surface area contributed by atoms with E-state index in [2.05, 4.69) is 30.5 Å². The highest BCUT2D eigenvalue weighted by atomic mass is 32.2. The Hall–Kier alpha value is -3.78. The van der Waals surface area contributed by atoms with Crippen molar-refractivity contribution in [1.29, 1.82) is 0 Å². The van der Waals surface area contributed by atoms with E-state index in [0.717, 1.165) is 44.3 Å². The first kappa shape index (κ1) is 27.3. The van der Waals surface area contributed by atoms with Gasteiger partial charge in [0, 0.05) is 23.9 Å². The molecule has 202 valence electrons. The summed E-state index contributed by atoms with van der Waals surface area (Å²) in [5.74, 6) is -3.02. The van der Waals surface area contributed by atoms with Crippen LogP contribution in [0.5, 0.6) is 0 Å². The number of halogens is 2. The molecule has 0 saturated carbocycles. The van der Waals surface area contributed by atoms with Crippen LogP contribution in [0.1, 0.15) is 5.69 Å². The van der Waals surface area contributed by atoms with Gasteiger partial charge in [0.1, 0.15) is 22.8 Å². The van der Waals surface area contributed by atoms with E-state index in [1.54, 1.807) is 0 Å². The molecule has 38 heavy (non-hydrogen) atoms. The number of carboxylic acids is 1. The fourth-order valence-corrected chi connectivity index (χ4v) is 6.39. The third kappa shape index (κ3) is 5.27. The molecule has 1 saturated heterocycles. The van der Waals surface area contributed by atoms with Gasteiger partial charge in [-0.25, -0.2) is 14.9 Å². The third-order valence-electron chi connectivity index (χ3n) is 5.15. The first-order valence-corrected chi connectivity index (χ1v) is 13.1. The number of rotatable bonds is 9. The summed E-state index contributed by atoms with van der Waals surface area (Å²) in [7, 11) is 1.33. The molecule has 0 aromatic carbocycles. The first-order chi connectivity index (χ1) is 18.0. The fourth-order valence-electron chi connectivity index (χ4n) is 3.44. The molecule has 2 aliphatic rings. The maximum atomic E-state index is 12.9. The van der Waals surface area contributed by atoms with E-state index < -0.39 is 52.6 Å². The predicted molar refractivity (Wildman–Crippen MR) is 131 cm³/mol. The van der Waals surface area contributed by atoms with Gasteiger partial charge in [-0.2, -0.15) is 8.78 Å². The Morgan fingerprint density at radius 2 is 2.16 bits per heavy atom. The smallest absolute Gasteiger partial charge is 0.407 e.